The molecule has 11 N–H and O–H groups in total. The molecule has 5 aromatic rings. The number of aliphatic hydroxyl groups is 1. The predicted octanol–water partition coefficient (Wildman–Crippen LogP) is 13.1. The van der Waals surface area contributed by atoms with Crippen LogP contribution in [0.4, 0.5) is 4.39 Å². The first-order valence-corrected chi connectivity index (χ1v) is 50.6. The predicted molar refractivity (Wildman–Crippen MR) is 540 cm³/mol. The normalized spacial score (nSPS) is 27.0. The summed E-state index contributed by atoms with van der Waals surface area (Å²) < 4.78 is 31.3. The molecule has 0 bridgehead atoms. The number of aliphatic hydroxyl groups excluding tert-OH is 1. The minimum atomic E-state index is -0.735. The van der Waals surface area contributed by atoms with Gasteiger partial charge in [0.05, 0.1) is 56.5 Å². The Balaban J connectivity index is 0.000000122. The molecule has 5 aromatic carbocycles. The number of benzene rings is 5. The summed E-state index contributed by atoms with van der Waals surface area (Å²) in [5, 5.41) is 55.7. The fourth-order valence-electron chi connectivity index (χ4n) is 22.6. The molecule has 134 heavy (non-hydrogen) atoms. The van der Waals surface area contributed by atoms with E-state index >= 15 is 0 Å². The summed E-state index contributed by atoms with van der Waals surface area (Å²) in [7, 11) is 5.50. The second-order valence-electron chi connectivity index (χ2n) is 38.5. The standard InChI is InChI=1S/2C21H30ClN5O.C20H28ClN5O.C19H26ClN5O.C18H23ClFN5/c2*1-28-19-8-11-27(18(13-19)12-15-2-4-16(22)5-3-15)17-6-9-26(10-7-17)21-14-20(23)24-25-21;21-15-6-4-14(5-7-15)20(27)17-3-1-2-10-26(17)16-8-11-25(12-9-16)19-13-18(22)23-24-19;1-26-17-12-25(16(17)10-13-2-4-14(20)5-3-13)15-6-8-24(9-7-15)19-11-18(21)22-23-19;19-13-3-1-12(2-4-13)9-16-15(20)11-25(16)14-5-7-24(8-6-14)18-10-17(21)22-23-18/h2*2-5,17-19H,6-14H2,1H3,(H2,23,24);4-7,16-17,20,27H,1-3,8-13H2,(H2,22,23);2-5,15-17H,6-12H2,1H3,(H2,21,22);1-4,14-16H,5-11H2,(H2,21,22)/t2*18?,19-;;16-,17-;15-,16+/m10.01/s1. The fourth-order valence-corrected chi connectivity index (χ4v) is 23.2. The molecule has 15 heterocycles. The third-order valence-corrected chi connectivity index (χ3v) is 31.4. The van der Waals surface area contributed by atoms with Crippen LogP contribution in [0.5, 0.6) is 0 Å². The maximum atomic E-state index is 14.2. The smallest absolute Gasteiger partial charge is 0.135 e. The second kappa shape index (κ2) is 47.5. The zero-order valence-corrected chi connectivity index (χ0v) is 81.7. The molecule has 0 spiro atoms. The van der Waals surface area contributed by atoms with E-state index in [1.54, 1.807) is 0 Å². The van der Waals surface area contributed by atoms with Crippen LogP contribution in [0.15, 0.2) is 172 Å². The van der Waals surface area contributed by atoms with Crippen LogP contribution in [-0.4, -0.2) is 317 Å². The van der Waals surface area contributed by atoms with Crippen LogP contribution in [0.1, 0.15) is 175 Å². The number of halogens is 6. The van der Waals surface area contributed by atoms with E-state index in [4.69, 9.17) is 101 Å². The van der Waals surface area contributed by atoms with E-state index in [-0.39, 0.29) is 12.1 Å². The van der Waals surface area contributed by atoms with Gasteiger partial charge in [-0.1, -0.05) is 125 Å². The van der Waals surface area contributed by atoms with E-state index in [1.807, 2.05) is 106 Å². The number of ether oxygens (including phenoxy) is 3. The SMILES string of the molecule is CO[C@@H]1CCN(C2CCN(C3=NN=C(N)C3)CC2)C(Cc2ccc(Cl)cc2)C1.CO[C@H]1CCN(C2CCN(C3=NN=C(N)C3)CC2)C(Cc2ccc(Cl)cc2)C1.CO[C@H]1CN(C2CCN(C3=NN=C(N)C3)CC2)[C@H]1Cc1ccc(Cl)cc1.NC1=NN=C(N2CCC(N3CCCCC3C(O)c3ccc(Cl)cc3)CC2)C1.NC1=NN=C(N2CCC(N3C[C@@H](F)[C@@H]3Cc3ccc(Cl)cc3)CC2)C1. The zero-order valence-electron chi connectivity index (χ0n) is 78.0. The molecule has 10 atom stereocenters. The molecule has 0 amide bonds. The van der Waals surface area contributed by atoms with Gasteiger partial charge < -0.3 is 72.5 Å². The second-order valence-corrected chi connectivity index (χ2v) is 40.7. The lowest BCUT2D eigenvalue weighted by Gasteiger charge is -2.53. The lowest BCUT2D eigenvalue weighted by Crippen LogP contribution is -2.66. The van der Waals surface area contributed by atoms with Gasteiger partial charge in [0.15, 0.2) is 0 Å². The van der Waals surface area contributed by atoms with E-state index in [1.165, 1.54) is 29.5 Å². The number of hydrogen-bond donors (Lipinski definition) is 6. The van der Waals surface area contributed by atoms with Crippen LogP contribution < -0.4 is 28.7 Å². The van der Waals surface area contributed by atoms with E-state index in [0.717, 1.165) is 274 Å². The third-order valence-electron chi connectivity index (χ3n) is 30.2. The molecule has 10 fully saturated rings. The van der Waals surface area contributed by atoms with Crippen molar-refractivity contribution in [2.75, 3.05) is 120 Å². The van der Waals surface area contributed by atoms with E-state index in [0.29, 0.717) is 139 Å². The van der Waals surface area contributed by atoms with Gasteiger partial charge in [0.25, 0.3) is 0 Å². The summed E-state index contributed by atoms with van der Waals surface area (Å²) in [6.45, 7) is 14.9. The highest BCUT2D eigenvalue weighted by atomic mass is 35.5. The third kappa shape index (κ3) is 26.0. The van der Waals surface area contributed by atoms with Crippen molar-refractivity contribution >= 4 is 116 Å². The number of hydrogen-bond acceptors (Lipinski definition) is 29. The molecule has 724 valence electrons. The fraction of sp³-hybridized carbons (Fsp3) is 0.596. The Morgan fingerprint density at radius 1 is 0.328 bits per heavy atom. The topological polar surface area (TPSA) is 334 Å². The van der Waals surface area contributed by atoms with Gasteiger partial charge in [-0.3, -0.25) is 24.5 Å². The highest BCUT2D eigenvalue weighted by molar-refractivity contribution is 6.31. The molecule has 29 nitrogen and oxygen atoms in total. The first-order chi connectivity index (χ1) is 65.1. The molecule has 4 unspecified atom stereocenters. The number of nitrogens with zero attached hydrogens (tertiary/aromatic N) is 20. The Kier molecular flexibility index (Phi) is 35.0. The molecule has 0 aliphatic carbocycles. The van der Waals surface area contributed by atoms with Crippen LogP contribution in [0, 0.1) is 0 Å². The van der Waals surface area contributed by atoms with Gasteiger partial charge in [0.1, 0.15) is 64.5 Å². The molecule has 0 radical (unpaired) electrons. The van der Waals surface area contributed by atoms with Crippen molar-refractivity contribution in [2.45, 2.75) is 258 Å². The number of nitrogens with two attached hydrogens (primary N) is 5. The number of alkyl halides is 1. The molecular formula is C99H137Cl5FN25O4. The van der Waals surface area contributed by atoms with Gasteiger partial charge in [-0.25, -0.2) is 4.39 Å². The Bertz CT molecular complexity index is 4850. The minimum Gasteiger partial charge on any atom is -0.387 e. The average Bonchev–Trinajstić information content (AvgIpc) is 0.873. The lowest BCUT2D eigenvalue weighted by atomic mass is 9.87. The molecule has 10 saturated heterocycles. The van der Waals surface area contributed by atoms with Crippen LogP contribution >= 0.6 is 58.0 Å². The lowest BCUT2D eigenvalue weighted by molar-refractivity contribution is -0.111. The van der Waals surface area contributed by atoms with E-state index in [9.17, 15) is 9.50 Å². The average molecular weight is 1940 g/mol. The van der Waals surface area contributed by atoms with E-state index < -0.39 is 12.3 Å². The maximum Gasteiger partial charge on any atom is 0.135 e. The molecule has 15 aliphatic heterocycles. The van der Waals surface area contributed by atoms with Gasteiger partial charge in [-0.15, -0.1) is 51.0 Å². The molecule has 0 saturated carbocycles. The van der Waals surface area contributed by atoms with Crippen LogP contribution in [0.2, 0.25) is 25.1 Å². The Hall–Kier alpha value is -8.18. The molecule has 35 heteroatoms. The quantitative estimate of drug-likeness (QED) is 0.0475. The number of amidine groups is 10. The molecule has 20 rings (SSSR count). The Morgan fingerprint density at radius 3 is 0.918 bits per heavy atom. The van der Waals surface area contributed by atoms with E-state index in [2.05, 4.69) is 136 Å². The first-order valence-electron chi connectivity index (χ1n) is 48.7. The monoisotopic (exact) mass is 1930 g/mol. The maximum absolute atomic E-state index is 14.2. The number of rotatable bonds is 18. The summed E-state index contributed by atoms with van der Waals surface area (Å²) in [5.41, 5.74) is 34.9. The van der Waals surface area contributed by atoms with Crippen molar-refractivity contribution in [3.8, 4) is 0 Å². The van der Waals surface area contributed by atoms with Gasteiger partial charge in [-0.05, 0) is 223 Å². The van der Waals surface area contributed by atoms with Gasteiger partial charge in [0, 0.05) is 198 Å². The molecular weight excluding hydrogens is 1800 g/mol. The number of piperidine rings is 8. The summed E-state index contributed by atoms with van der Waals surface area (Å²) in [6, 6.07) is 44.6. The summed E-state index contributed by atoms with van der Waals surface area (Å²) in [5.74, 6) is 8.13. The molecule has 0 aromatic heterocycles. The molecule has 15 aliphatic rings. The van der Waals surface area contributed by atoms with Crippen molar-refractivity contribution in [1.29, 1.82) is 0 Å². The Labute approximate surface area is 815 Å². The summed E-state index contributed by atoms with van der Waals surface area (Å²) >= 11 is 30.1. The zero-order chi connectivity index (χ0) is 93.3. The van der Waals surface area contributed by atoms with Crippen LogP contribution in [0.3, 0.4) is 0 Å². The van der Waals surface area contributed by atoms with Crippen LogP contribution in [0.25, 0.3) is 0 Å². The van der Waals surface area contributed by atoms with Crippen molar-refractivity contribution in [3.05, 3.63) is 174 Å². The minimum absolute atomic E-state index is 0.0134. The van der Waals surface area contributed by atoms with Crippen molar-refractivity contribution in [1.82, 2.24) is 49.0 Å². The van der Waals surface area contributed by atoms with Gasteiger partial charge >= 0.3 is 0 Å². The van der Waals surface area contributed by atoms with Crippen LogP contribution in [-0.2, 0) is 39.9 Å². The Morgan fingerprint density at radius 2 is 0.619 bits per heavy atom. The van der Waals surface area contributed by atoms with Crippen molar-refractivity contribution < 1.29 is 23.7 Å². The summed E-state index contributed by atoms with van der Waals surface area (Å²) in [4.78, 5) is 24.6. The highest BCUT2D eigenvalue weighted by Gasteiger charge is 2.47. The van der Waals surface area contributed by atoms with Gasteiger partial charge in [0.2, 0.25) is 0 Å². The number of likely N-dealkylation sites (tertiary alicyclic amines) is 10. The first kappa shape index (κ1) is 98.9. The van der Waals surface area contributed by atoms with Crippen molar-refractivity contribution in [3.63, 3.8) is 0 Å². The highest BCUT2D eigenvalue weighted by Crippen LogP contribution is 2.39. The largest absolute Gasteiger partial charge is 0.387 e. The summed E-state index contributed by atoms with van der Waals surface area (Å²) in [6.07, 6.45) is 26.1. The van der Waals surface area contributed by atoms with Crippen molar-refractivity contribution in [2.24, 2.45) is 79.7 Å². The number of methoxy groups -OCH3 is 3. The van der Waals surface area contributed by atoms with Gasteiger partial charge in [-0.2, -0.15) is 0 Å².